The first-order chi connectivity index (χ1) is 27.2. The van der Waals surface area contributed by atoms with Crippen LogP contribution in [0.4, 0.5) is 22.7 Å². The smallest absolute Gasteiger partial charge is 0.306 e. The minimum absolute atomic E-state index is 0.293. The van der Waals surface area contributed by atoms with E-state index in [9.17, 15) is 5.26 Å². The van der Waals surface area contributed by atoms with Crippen molar-refractivity contribution in [3.8, 4) is 17.2 Å². The third kappa shape index (κ3) is 4.31. The van der Waals surface area contributed by atoms with Gasteiger partial charge in [0.15, 0.2) is 0 Å². The lowest BCUT2D eigenvalue weighted by Gasteiger charge is -2.35. The van der Waals surface area contributed by atoms with Crippen molar-refractivity contribution in [2.45, 2.75) is 30.5 Å². The Labute approximate surface area is 320 Å². The van der Waals surface area contributed by atoms with Crippen LogP contribution in [0, 0.1) is 17.9 Å². The van der Waals surface area contributed by atoms with Crippen LogP contribution >= 0.6 is 0 Å². The quantitative estimate of drug-likeness (QED) is 0.135. The molecule has 55 heavy (non-hydrogen) atoms. The van der Waals surface area contributed by atoms with E-state index >= 15 is 0 Å². The van der Waals surface area contributed by atoms with Crippen molar-refractivity contribution < 1.29 is 0 Å². The van der Waals surface area contributed by atoms with Crippen LogP contribution in [0.2, 0.25) is 0 Å². The minimum Gasteiger partial charge on any atom is -0.324 e. The number of para-hydroxylation sites is 2. The average molecular weight is 703 g/mol. The summed E-state index contributed by atoms with van der Waals surface area (Å²) in [6.45, 7) is 8.17. The van der Waals surface area contributed by atoms with Gasteiger partial charge in [0.2, 0.25) is 0 Å². The van der Waals surface area contributed by atoms with E-state index in [2.05, 4.69) is 191 Å². The van der Waals surface area contributed by atoms with Crippen molar-refractivity contribution in [3.05, 3.63) is 215 Å². The van der Waals surface area contributed by atoms with Crippen LogP contribution < -0.4 is 9.80 Å². The molecule has 8 aromatic rings. The normalized spacial score (nSPS) is 17.3. The third-order valence-corrected chi connectivity index (χ3v) is 12.3. The molecule has 0 amide bonds. The van der Waals surface area contributed by atoms with Gasteiger partial charge in [0.25, 0.3) is 0 Å². The molecule has 0 radical (unpaired) electrons. The summed E-state index contributed by atoms with van der Waals surface area (Å²) < 4.78 is 0. The number of hydrogen-bond acceptors (Lipinski definition) is 3. The van der Waals surface area contributed by atoms with Gasteiger partial charge in [-0.05, 0) is 102 Å². The Morgan fingerprint density at radius 1 is 0.564 bits per heavy atom. The van der Waals surface area contributed by atoms with Crippen molar-refractivity contribution in [3.63, 3.8) is 0 Å². The Morgan fingerprint density at radius 2 is 1.15 bits per heavy atom. The standard InChI is InChI=1S/C51H34N4/c1-53-48-29-34-15-9-13-23-47(34)55(48)37-24-26-42-44(30-37)40-20-10-11-21-41(40)49-43-27-25-38(54-39(32-52)28-33-14-8-12-22-46(33)54)31-45(43)51(50(42)49,35-16-4-2-5-17-35)36-18-6-3-7-19-36/h2-27,30-31,39,48H,28-29H2. The average Bonchev–Trinajstić information content (AvgIpc) is 3.92. The molecule has 4 nitrogen and oxygen atoms in total. The van der Waals surface area contributed by atoms with E-state index in [0.717, 1.165) is 22.7 Å². The molecule has 2 atom stereocenters. The van der Waals surface area contributed by atoms with Crippen LogP contribution in [0.1, 0.15) is 33.4 Å². The number of hydrogen-bond donors (Lipinski definition) is 0. The van der Waals surface area contributed by atoms with Crippen LogP contribution in [0.15, 0.2) is 170 Å². The molecule has 4 heteroatoms. The maximum atomic E-state index is 10.5. The summed E-state index contributed by atoms with van der Waals surface area (Å²) in [6.07, 6.45) is 1.11. The Morgan fingerprint density at radius 3 is 1.84 bits per heavy atom. The Bertz CT molecular complexity index is 2900. The van der Waals surface area contributed by atoms with E-state index < -0.39 is 5.41 Å². The lowest BCUT2D eigenvalue weighted by Crippen LogP contribution is -2.30. The van der Waals surface area contributed by atoms with Crippen LogP contribution in [0.25, 0.3) is 37.5 Å². The fourth-order valence-electron chi connectivity index (χ4n) is 10.1. The fourth-order valence-corrected chi connectivity index (χ4v) is 10.1. The molecule has 0 bridgehead atoms. The maximum Gasteiger partial charge on any atom is 0.306 e. The van der Waals surface area contributed by atoms with E-state index in [1.165, 1.54) is 66.1 Å². The highest BCUT2D eigenvalue weighted by Crippen LogP contribution is 2.61. The lowest BCUT2D eigenvalue weighted by atomic mass is 9.66. The van der Waals surface area contributed by atoms with Gasteiger partial charge in [0.1, 0.15) is 6.04 Å². The number of fused-ring (bicyclic) bond motifs is 10. The zero-order valence-electron chi connectivity index (χ0n) is 30.0. The molecule has 8 aromatic carbocycles. The second-order valence-electron chi connectivity index (χ2n) is 14.9. The molecule has 0 fully saturated rings. The number of anilines is 4. The van der Waals surface area contributed by atoms with Crippen LogP contribution in [0.5, 0.6) is 0 Å². The number of benzene rings is 8. The molecule has 2 aliphatic heterocycles. The van der Waals surface area contributed by atoms with Gasteiger partial charge in [-0.3, -0.25) is 9.74 Å². The summed E-state index contributed by atoms with van der Waals surface area (Å²) in [5.74, 6) is 0. The van der Waals surface area contributed by atoms with Crippen molar-refractivity contribution >= 4 is 44.3 Å². The van der Waals surface area contributed by atoms with E-state index in [1.807, 2.05) is 0 Å². The molecule has 0 aromatic heterocycles. The van der Waals surface area contributed by atoms with Gasteiger partial charge < -0.3 is 4.90 Å². The monoisotopic (exact) mass is 702 g/mol. The lowest BCUT2D eigenvalue weighted by molar-refractivity contribution is 0.773. The molecular formula is C51H34N4. The highest BCUT2D eigenvalue weighted by atomic mass is 15.3. The maximum absolute atomic E-state index is 10.5. The van der Waals surface area contributed by atoms with Gasteiger partial charge in [-0.15, -0.1) is 0 Å². The molecule has 1 aliphatic carbocycles. The van der Waals surface area contributed by atoms with E-state index in [0.29, 0.717) is 12.8 Å². The number of rotatable bonds is 4. The molecule has 2 heterocycles. The Balaban J connectivity index is 1.25. The first-order valence-corrected chi connectivity index (χ1v) is 19.0. The molecule has 2 unspecified atom stereocenters. The zero-order valence-corrected chi connectivity index (χ0v) is 30.0. The molecule has 0 saturated heterocycles. The Kier molecular flexibility index (Phi) is 6.81. The largest absolute Gasteiger partial charge is 0.324 e. The second kappa shape index (κ2) is 11.9. The predicted octanol–water partition coefficient (Wildman–Crippen LogP) is 11.9. The summed E-state index contributed by atoms with van der Waals surface area (Å²) in [4.78, 5) is 8.58. The van der Waals surface area contributed by atoms with Crippen molar-refractivity contribution in [1.82, 2.24) is 0 Å². The van der Waals surface area contributed by atoms with Gasteiger partial charge in [0.05, 0.1) is 23.6 Å². The van der Waals surface area contributed by atoms with E-state index in [4.69, 9.17) is 6.57 Å². The Hall–Kier alpha value is -7.14. The first-order valence-electron chi connectivity index (χ1n) is 19.0. The van der Waals surface area contributed by atoms with Gasteiger partial charge in [-0.2, -0.15) is 5.26 Å². The predicted molar refractivity (Wildman–Crippen MR) is 223 cm³/mol. The third-order valence-electron chi connectivity index (χ3n) is 12.3. The van der Waals surface area contributed by atoms with Crippen molar-refractivity contribution in [1.29, 1.82) is 5.26 Å². The highest BCUT2D eigenvalue weighted by molar-refractivity contribution is 6.20. The van der Waals surface area contributed by atoms with Crippen molar-refractivity contribution in [2.24, 2.45) is 0 Å². The molecule has 0 N–H and O–H groups in total. The number of nitriles is 1. The molecule has 11 rings (SSSR count). The van der Waals surface area contributed by atoms with E-state index in [-0.39, 0.29) is 12.2 Å². The molecule has 0 spiro atoms. The minimum atomic E-state index is -0.673. The first kappa shape index (κ1) is 31.4. The van der Waals surface area contributed by atoms with Gasteiger partial charge in [-0.25, -0.2) is 6.57 Å². The summed E-state index contributed by atoms with van der Waals surface area (Å²) in [6, 6.07) is 63.7. The van der Waals surface area contributed by atoms with Gasteiger partial charge in [-0.1, -0.05) is 133 Å². The summed E-state index contributed by atoms with van der Waals surface area (Å²) >= 11 is 0. The summed E-state index contributed by atoms with van der Waals surface area (Å²) in [7, 11) is 0. The van der Waals surface area contributed by atoms with Crippen LogP contribution in [0.3, 0.4) is 0 Å². The van der Waals surface area contributed by atoms with Crippen LogP contribution in [-0.4, -0.2) is 12.2 Å². The fraction of sp³-hybridized carbons (Fsp3) is 0.0980. The van der Waals surface area contributed by atoms with Crippen LogP contribution in [-0.2, 0) is 18.3 Å². The summed E-state index contributed by atoms with van der Waals surface area (Å²) in [5, 5.41) is 15.2. The molecule has 3 aliphatic rings. The molecular weight excluding hydrogens is 669 g/mol. The SMILES string of the molecule is [C-]#[N+]C1Cc2ccccc2N1c1ccc2c3c(c4ccccc4c2c1)-c1ccc(N2c4ccccc4CC2C#N)cc1C3(c1ccccc1)c1ccccc1. The van der Waals surface area contributed by atoms with Gasteiger partial charge in [0, 0.05) is 23.5 Å². The second-order valence-corrected chi connectivity index (χ2v) is 14.9. The molecule has 258 valence electrons. The topological polar surface area (TPSA) is 34.6 Å². The van der Waals surface area contributed by atoms with Crippen molar-refractivity contribution in [2.75, 3.05) is 9.80 Å². The van der Waals surface area contributed by atoms with Gasteiger partial charge >= 0.3 is 6.17 Å². The summed E-state index contributed by atoms with van der Waals surface area (Å²) in [5.41, 5.74) is 13.3. The number of nitrogens with zero attached hydrogens (tertiary/aromatic N) is 4. The highest BCUT2D eigenvalue weighted by Gasteiger charge is 2.49. The van der Waals surface area contributed by atoms with E-state index in [1.54, 1.807) is 0 Å². The zero-order chi connectivity index (χ0) is 36.7. The molecule has 0 saturated carbocycles.